The number of rotatable bonds is 8. The van der Waals surface area contributed by atoms with E-state index in [0.29, 0.717) is 25.0 Å². The Morgan fingerprint density at radius 3 is 2.55 bits per heavy atom. The molecule has 0 radical (unpaired) electrons. The van der Waals surface area contributed by atoms with Gasteiger partial charge in [0.15, 0.2) is 12.2 Å². The van der Waals surface area contributed by atoms with Gasteiger partial charge in [-0.15, -0.1) is 0 Å². The van der Waals surface area contributed by atoms with E-state index < -0.39 is 0 Å². The first-order chi connectivity index (χ1) is 15.7. The lowest BCUT2D eigenvalue weighted by Crippen LogP contribution is -2.51. The molecule has 4 aliphatic rings. The number of thiazole rings is 1. The van der Waals surface area contributed by atoms with Crippen LogP contribution in [0, 0.1) is 39.7 Å². The van der Waals surface area contributed by atoms with Gasteiger partial charge in [-0.2, -0.15) is 4.57 Å². The van der Waals surface area contributed by atoms with Crippen LogP contribution in [0.25, 0.3) is 0 Å². The molecule has 4 aliphatic carbocycles. The number of carbonyl (C=O) groups excluding carboxylic acids is 1. The summed E-state index contributed by atoms with van der Waals surface area (Å²) in [7, 11) is 0. The second kappa shape index (κ2) is 8.49. The number of non-ortho nitro benzene ring substituents is 1. The molecule has 0 amide bonds. The van der Waals surface area contributed by atoms with Gasteiger partial charge in [-0.05, 0) is 73.3 Å². The Balaban J connectivity index is 1.13. The molecule has 2 atom stereocenters. The van der Waals surface area contributed by atoms with Gasteiger partial charge in [-0.1, -0.05) is 18.3 Å². The molecule has 6 nitrogen and oxygen atoms in total. The Labute approximate surface area is 199 Å². The molecule has 4 bridgehead atoms. The van der Waals surface area contributed by atoms with Gasteiger partial charge >= 0.3 is 5.97 Å². The first-order valence-electron chi connectivity index (χ1n) is 12.1. The summed E-state index contributed by atoms with van der Waals surface area (Å²) in [4.78, 5) is 24.4. The van der Waals surface area contributed by atoms with Gasteiger partial charge in [0.05, 0.1) is 22.8 Å². The van der Waals surface area contributed by atoms with Crippen LogP contribution in [0.5, 0.6) is 0 Å². The molecule has 1 heterocycles. The van der Waals surface area contributed by atoms with Crippen LogP contribution < -0.4 is 4.57 Å². The molecular formula is C26H33N2O4S+. The van der Waals surface area contributed by atoms with E-state index in [1.165, 1.54) is 43.4 Å². The van der Waals surface area contributed by atoms with Crippen molar-refractivity contribution in [3.05, 3.63) is 56.0 Å². The molecule has 4 saturated carbocycles. The number of nitrogens with zero attached hydrogens (tertiary/aromatic N) is 2. The Kier molecular flexibility index (Phi) is 5.79. The lowest BCUT2D eigenvalue weighted by Gasteiger charge is -2.61. The highest BCUT2D eigenvalue weighted by molar-refractivity contribution is 7.09. The first kappa shape index (κ1) is 22.5. The van der Waals surface area contributed by atoms with Crippen LogP contribution in [0.2, 0.25) is 0 Å². The van der Waals surface area contributed by atoms with Crippen molar-refractivity contribution in [2.45, 2.75) is 71.8 Å². The molecule has 6 rings (SSSR count). The van der Waals surface area contributed by atoms with Gasteiger partial charge < -0.3 is 4.74 Å². The third kappa shape index (κ3) is 4.70. The molecule has 33 heavy (non-hydrogen) atoms. The van der Waals surface area contributed by atoms with E-state index in [1.807, 2.05) is 0 Å². The maximum absolute atomic E-state index is 12.8. The van der Waals surface area contributed by atoms with Crippen LogP contribution in [-0.2, 0) is 22.5 Å². The van der Waals surface area contributed by atoms with Crippen LogP contribution in [-0.4, -0.2) is 17.5 Å². The standard InChI is InChI=1S/C26H33N2O4S/c1-18-23(33-17-27(18)15-19-3-5-22(6-4-19)28(30)31)7-8-32-24(29)14-26-12-20-9-21(13-26)11-25(2,10-20)16-26/h3-6,17,20-21H,7-16H2,1-2H3/q+1. The Morgan fingerprint density at radius 2 is 1.91 bits per heavy atom. The van der Waals surface area contributed by atoms with Crippen LogP contribution in [0.3, 0.4) is 0 Å². The molecule has 2 aromatic rings. The number of nitro groups is 1. The number of hydrogen-bond acceptors (Lipinski definition) is 5. The lowest BCUT2D eigenvalue weighted by atomic mass is 9.44. The summed E-state index contributed by atoms with van der Waals surface area (Å²) in [6.45, 7) is 5.62. The van der Waals surface area contributed by atoms with Crippen molar-refractivity contribution < 1.29 is 19.0 Å². The van der Waals surface area contributed by atoms with Crippen LogP contribution >= 0.6 is 11.3 Å². The van der Waals surface area contributed by atoms with Gasteiger partial charge in [-0.25, -0.2) is 0 Å². The molecule has 176 valence electrons. The molecule has 4 fully saturated rings. The predicted molar refractivity (Wildman–Crippen MR) is 126 cm³/mol. The first-order valence-corrected chi connectivity index (χ1v) is 13.0. The highest BCUT2D eigenvalue weighted by Crippen LogP contribution is 2.66. The average molecular weight is 470 g/mol. The monoisotopic (exact) mass is 469 g/mol. The number of aromatic nitrogens is 1. The van der Waals surface area contributed by atoms with E-state index in [9.17, 15) is 14.9 Å². The fourth-order valence-corrected chi connectivity index (χ4v) is 8.49. The molecular weight excluding hydrogens is 436 g/mol. The summed E-state index contributed by atoms with van der Waals surface area (Å²) in [6, 6.07) is 6.69. The summed E-state index contributed by atoms with van der Waals surface area (Å²) >= 11 is 1.67. The van der Waals surface area contributed by atoms with Crippen molar-refractivity contribution in [3.8, 4) is 0 Å². The molecule has 0 spiro atoms. The number of carbonyl (C=O) groups is 1. The fraction of sp³-hybridized carbons (Fsp3) is 0.615. The van der Waals surface area contributed by atoms with Crippen molar-refractivity contribution in [2.75, 3.05) is 6.61 Å². The minimum Gasteiger partial charge on any atom is -0.465 e. The number of esters is 1. The highest BCUT2D eigenvalue weighted by atomic mass is 32.1. The minimum atomic E-state index is -0.379. The lowest BCUT2D eigenvalue weighted by molar-refractivity contribution is -0.689. The number of benzene rings is 1. The van der Waals surface area contributed by atoms with E-state index in [4.69, 9.17) is 4.74 Å². The largest absolute Gasteiger partial charge is 0.465 e. The summed E-state index contributed by atoms with van der Waals surface area (Å²) in [6.07, 6.45) is 9.07. The van der Waals surface area contributed by atoms with Gasteiger partial charge in [0.25, 0.3) is 5.69 Å². The minimum absolute atomic E-state index is 0.0199. The molecule has 7 heteroatoms. The maximum Gasteiger partial charge on any atom is 0.306 e. The summed E-state index contributed by atoms with van der Waals surface area (Å²) < 4.78 is 7.88. The van der Waals surface area contributed by atoms with Crippen LogP contribution in [0.4, 0.5) is 5.69 Å². The molecule has 2 unspecified atom stereocenters. The Hall–Kier alpha value is -2.28. The highest BCUT2D eigenvalue weighted by Gasteiger charge is 2.56. The van der Waals surface area contributed by atoms with E-state index in [-0.39, 0.29) is 22.0 Å². The Morgan fingerprint density at radius 1 is 1.21 bits per heavy atom. The second-order valence-electron chi connectivity index (χ2n) is 11.2. The molecule has 0 N–H and O–H groups in total. The van der Waals surface area contributed by atoms with Crippen molar-refractivity contribution in [1.82, 2.24) is 0 Å². The normalized spacial score (nSPS) is 29.9. The summed E-state index contributed by atoms with van der Waals surface area (Å²) in [5.41, 5.74) is 5.01. The van der Waals surface area contributed by atoms with Crippen LogP contribution in [0.15, 0.2) is 29.8 Å². The Bertz CT molecular complexity index is 1050. The van der Waals surface area contributed by atoms with Gasteiger partial charge in [0, 0.05) is 31.0 Å². The summed E-state index contributed by atoms with van der Waals surface area (Å²) in [5, 5.41) is 10.8. The van der Waals surface area contributed by atoms with E-state index in [2.05, 4.69) is 23.9 Å². The number of hydrogen-bond donors (Lipinski definition) is 0. The second-order valence-corrected chi connectivity index (χ2v) is 12.1. The van der Waals surface area contributed by atoms with E-state index in [0.717, 1.165) is 29.5 Å². The number of nitro benzene ring substituents is 1. The van der Waals surface area contributed by atoms with Gasteiger partial charge in [-0.3, -0.25) is 14.9 Å². The zero-order valence-corrected chi connectivity index (χ0v) is 20.4. The topological polar surface area (TPSA) is 73.3 Å². The number of ether oxygens (including phenoxy) is 1. The SMILES string of the molecule is Cc1c(CCOC(=O)CC23CC4CC(CC(C)(C4)C2)C3)sc[n+]1Cc1ccc([N+](=O)[O-])cc1. The molecule has 0 saturated heterocycles. The quantitative estimate of drug-likeness (QED) is 0.225. The zero-order valence-electron chi connectivity index (χ0n) is 19.5. The van der Waals surface area contributed by atoms with E-state index >= 15 is 0 Å². The maximum atomic E-state index is 12.8. The average Bonchev–Trinajstić information content (AvgIpc) is 3.05. The third-order valence-electron chi connectivity index (χ3n) is 8.24. The van der Waals surface area contributed by atoms with Crippen molar-refractivity contribution in [2.24, 2.45) is 22.7 Å². The molecule has 1 aromatic heterocycles. The van der Waals surface area contributed by atoms with Gasteiger partial charge in [0.2, 0.25) is 5.51 Å². The zero-order chi connectivity index (χ0) is 23.2. The van der Waals surface area contributed by atoms with E-state index in [1.54, 1.807) is 35.6 Å². The molecule has 1 aromatic carbocycles. The van der Waals surface area contributed by atoms with Crippen molar-refractivity contribution >= 4 is 23.0 Å². The van der Waals surface area contributed by atoms with Crippen molar-refractivity contribution in [1.29, 1.82) is 0 Å². The summed E-state index contributed by atoms with van der Waals surface area (Å²) in [5.74, 6) is 1.63. The molecule has 0 aliphatic heterocycles. The van der Waals surface area contributed by atoms with Gasteiger partial charge in [0.1, 0.15) is 0 Å². The smallest absolute Gasteiger partial charge is 0.306 e. The third-order valence-corrected chi connectivity index (χ3v) is 9.39. The predicted octanol–water partition coefficient (Wildman–Crippen LogP) is 5.38. The van der Waals surface area contributed by atoms with Crippen LogP contribution in [0.1, 0.15) is 68.0 Å². The van der Waals surface area contributed by atoms with Crippen molar-refractivity contribution in [3.63, 3.8) is 0 Å². The fourth-order valence-electron chi connectivity index (χ4n) is 7.52.